The molecule has 2 N–H and O–H groups in total. The normalized spacial score (nSPS) is 10.9. The molecule has 0 aliphatic rings. The molecule has 0 spiro atoms. The predicted octanol–water partition coefficient (Wildman–Crippen LogP) is 7.87. The first-order chi connectivity index (χ1) is 11.4. The fourth-order valence-electron chi connectivity index (χ4n) is 2.53. The quantitative estimate of drug-likeness (QED) is 0.422. The van der Waals surface area contributed by atoms with Gasteiger partial charge in [0.2, 0.25) is 0 Å². The minimum absolute atomic E-state index is 0.473. The van der Waals surface area contributed by atoms with Crippen LogP contribution in [0.25, 0.3) is 22.3 Å². The van der Waals surface area contributed by atoms with Crippen LogP contribution in [-0.2, 0) is 0 Å². The van der Waals surface area contributed by atoms with E-state index in [0.29, 0.717) is 41.9 Å². The Morgan fingerprint density at radius 1 is 0.542 bits per heavy atom. The summed E-state index contributed by atoms with van der Waals surface area (Å²) >= 11 is 31.2. The smallest absolute Gasteiger partial charge is 0.0500 e. The molecule has 0 bridgehead atoms. The fourth-order valence-corrected chi connectivity index (χ4v) is 3.80. The number of rotatable bonds is 2. The number of hydrogen-bond donors (Lipinski definition) is 1. The summed E-state index contributed by atoms with van der Waals surface area (Å²) in [6.07, 6.45) is 0. The Kier molecular flexibility index (Phi) is 5.19. The van der Waals surface area contributed by atoms with Gasteiger partial charge < -0.3 is 5.73 Å². The summed E-state index contributed by atoms with van der Waals surface area (Å²) in [6.45, 7) is 0. The highest BCUT2D eigenvalue weighted by Gasteiger charge is 2.19. The van der Waals surface area contributed by atoms with Crippen LogP contribution in [0.2, 0.25) is 25.1 Å². The minimum Gasteiger partial charge on any atom is -0.398 e. The van der Waals surface area contributed by atoms with Gasteiger partial charge in [-0.2, -0.15) is 0 Å². The molecule has 6 heteroatoms. The summed E-state index contributed by atoms with van der Waals surface area (Å²) in [6, 6.07) is 13.9. The zero-order valence-corrected chi connectivity index (χ0v) is 15.9. The molecular weight excluding hydrogens is 407 g/mol. The van der Waals surface area contributed by atoms with Crippen LogP contribution < -0.4 is 5.73 Å². The molecule has 0 unspecified atom stereocenters. The molecule has 0 aromatic heterocycles. The van der Waals surface area contributed by atoms with E-state index >= 15 is 0 Å². The molecule has 0 radical (unpaired) electrons. The summed E-state index contributed by atoms with van der Waals surface area (Å²) in [5.74, 6) is 0. The molecule has 3 aromatic carbocycles. The van der Waals surface area contributed by atoms with Crippen molar-refractivity contribution in [2.75, 3.05) is 5.73 Å². The van der Waals surface area contributed by atoms with Crippen molar-refractivity contribution in [3.63, 3.8) is 0 Å². The minimum atomic E-state index is 0.473. The third kappa shape index (κ3) is 3.33. The maximum absolute atomic E-state index is 6.46. The van der Waals surface area contributed by atoms with E-state index < -0.39 is 0 Å². The lowest BCUT2D eigenvalue weighted by Gasteiger charge is -2.17. The summed E-state index contributed by atoms with van der Waals surface area (Å²) in [5.41, 5.74) is 9.60. The molecule has 0 aliphatic heterocycles. The largest absolute Gasteiger partial charge is 0.398 e. The highest BCUT2D eigenvalue weighted by atomic mass is 35.5. The maximum atomic E-state index is 6.46. The van der Waals surface area contributed by atoms with Gasteiger partial charge in [0.25, 0.3) is 0 Å². The van der Waals surface area contributed by atoms with Gasteiger partial charge in [-0.25, -0.2) is 0 Å². The van der Waals surface area contributed by atoms with Crippen molar-refractivity contribution in [3.05, 3.63) is 73.6 Å². The second-order valence-corrected chi connectivity index (χ2v) is 7.23. The Balaban J connectivity index is 2.36. The average Bonchev–Trinajstić information content (AvgIpc) is 2.51. The van der Waals surface area contributed by atoms with Crippen molar-refractivity contribution in [2.24, 2.45) is 0 Å². The Hall–Kier alpha value is -1.09. The van der Waals surface area contributed by atoms with Gasteiger partial charge in [-0.1, -0.05) is 70.1 Å². The van der Waals surface area contributed by atoms with Crippen molar-refractivity contribution in [1.29, 1.82) is 0 Å². The monoisotopic (exact) mass is 415 g/mol. The van der Waals surface area contributed by atoms with Crippen LogP contribution in [0.5, 0.6) is 0 Å². The summed E-state index contributed by atoms with van der Waals surface area (Å²) in [5, 5.41) is 2.53. The van der Waals surface area contributed by atoms with E-state index in [1.807, 2.05) is 0 Å². The molecule has 0 saturated heterocycles. The zero-order valence-electron chi connectivity index (χ0n) is 12.1. The average molecular weight is 418 g/mol. The van der Waals surface area contributed by atoms with Crippen molar-refractivity contribution in [1.82, 2.24) is 0 Å². The van der Waals surface area contributed by atoms with Gasteiger partial charge in [0, 0.05) is 53.1 Å². The summed E-state index contributed by atoms with van der Waals surface area (Å²) in [7, 11) is 0. The van der Waals surface area contributed by atoms with Crippen LogP contribution in [0, 0.1) is 0 Å². The van der Waals surface area contributed by atoms with Crippen LogP contribution in [0.3, 0.4) is 0 Å². The van der Waals surface area contributed by atoms with Gasteiger partial charge in [-0.05, 0) is 36.4 Å². The third-order valence-electron chi connectivity index (χ3n) is 3.59. The second kappa shape index (κ2) is 7.03. The number of nitrogen functional groups attached to an aromatic ring is 1. The first-order valence-electron chi connectivity index (χ1n) is 6.87. The molecule has 0 atom stereocenters. The molecule has 3 aromatic rings. The van der Waals surface area contributed by atoms with E-state index in [0.717, 1.165) is 11.1 Å². The standard InChI is InChI=1S/C18H10Cl5N/c19-9-1-3-11(14(22)7-9)17-13(21)5-6-16(24)18(17)12-4-2-10(20)8-15(12)23/h1-8H,24H2. The lowest BCUT2D eigenvalue weighted by Crippen LogP contribution is -1.96. The molecule has 122 valence electrons. The van der Waals surface area contributed by atoms with Crippen LogP contribution in [0.4, 0.5) is 5.69 Å². The maximum Gasteiger partial charge on any atom is 0.0500 e. The molecule has 0 fully saturated rings. The van der Waals surface area contributed by atoms with E-state index in [9.17, 15) is 0 Å². The first kappa shape index (κ1) is 17.7. The van der Waals surface area contributed by atoms with Crippen LogP contribution in [0.15, 0.2) is 48.5 Å². The number of hydrogen-bond acceptors (Lipinski definition) is 1. The SMILES string of the molecule is Nc1ccc(Cl)c(-c2ccc(Cl)cc2Cl)c1-c1ccc(Cl)cc1Cl. The van der Waals surface area contributed by atoms with E-state index in [1.165, 1.54) is 0 Å². The Morgan fingerprint density at radius 3 is 1.54 bits per heavy atom. The van der Waals surface area contributed by atoms with Gasteiger partial charge in [-0.15, -0.1) is 0 Å². The van der Waals surface area contributed by atoms with Crippen LogP contribution >= 0.6 is 58.0 Å². The van der Waals surface area contributed by atoms with Gasteiger partial charge in [0.15, 0.2) is 0 Å². The van der Waals surface area contributed by atoms with Gasteiger partial charge in [-0.3, -0.25) is 0 Å². The molecule has 0 aliphatic carbocycles. The van der Waals surface area contributed by atoms with E-state index in [2.05, 4.69) is 0 Å². The van der Waals surface area contributed by atoms with Gasteiger partial charge in [0.1, 0.15) is 0 Å². The topological polar surface area (TPSA) is 26.0 Å². The first-order valence-corrected chi connectivity index (χ1v) is 8.76. The molecule has 1 nitrogen and oxygen atoms in total. The van der Waals surface area contributed by atoms with Crippen molar-refractivity contribution < 1.29 is 0 Å². The van der Waals surface area contributed by atoms with E-state index in [4.69, 9.17) is 63.7 Å². The summed E-state index contributed by atoms with van der Waals surface area (Å²) < 4.78 is 0. The highest BCUT2D eigenvalue weighted by molar-refractivity contribution is 6.40. The van der Waals surface area contributed by atoms with Crippen LogP contribution in [-0.4, -0.2) is 0 Å². The molecular formula is C18H10Cl5N. The lowest BCUT2D eigenvalue weighted by atomic mass is 9.93. The fraction of sp³-hybridized carbons (Fsp3) is 0. The van der Waals surface area contributed by atoms with Crippen molar-refractivity contribution >= 4 is 63.7 Å². The van der Waals surface area contributed by atoms with E-state index in [1.54, 1.807) is 48.5 Å². The Bertz CT molecular complexity index is 860. The second-order valence-electron chi connectivity index (χ2n) is 5.13. The molecule has 0 heterocycles. The lowest BCUT2D eigenvalue weighted by molar-refractivity contribution is 1.57. The van der Waals surface area contributed by atoms with Crippen molar-refractivity contribution in [2.45, 2.75) is 0 Å². The number of halogens is 5. The Labute approximate surface area is 164 Å². The highest BCUT2D eigenvalue weighted by Crippen LogP contribution is 2.46. The predicted molar refractivity (Wildman–Crippen MR) is 107 cm³/mol. The van der Waals surface area contributed by atoms with Gasteiger partial charge in [0.05, 0.1) is 0 Å². The van der Waals surface area contributed by atoms with E-state index in [-0.39, 0.29) is 0 Å². The van der Waals surface area contributed by atoms with Crippen LogP contribution in [0.1, 0.15) is 0 Å². The number of benzene rings is 3. The number of nitrogens with two attached hydrogens (primary N) is 1. The number of anilines is 1. The molecule has 3 rings (SSSR count). The zero-order chi connectivity index (χ0) is 17.4. The third-order valence-corrected chi connectivity index (χ3v) is 5.00. The molecule has 0 amide bonds. The molecule has 0 saturated carbocycles. The Morgan fingerprint density at radius 2 is 1.04 bits per heavy atom. The van der Waals surface area contributed by atoms with Crippen molar-refractivity contribution in [3.8, 4) is 22.3 Å². The summed E-state index contributed by atoms with van der Waals surface area (Å²) in [4.78, 5) is 0. The van der Waals surface area contributed by atoms with Gasteiger partial charge >= 0.3 is 0 Å². The molecule has 24 heavy (non-hydrogen) atoms.